The van der Waals surface area contributed by atoms with Crippen LogP contribution >= 0.6 is 34.7 Å². The Balaban J connectivity index is 1.50. The van der Waals surface area contributed by atoms with Crippen LogP contribution in [0.4, 0.5) is 10.8 Å². The van der Waals surface area contributed by atoms with Crippen LogP contribution in [0, 0.1) is 0 Å². The minimum absolute atomic E-state index is 0.0457. The molecule has 2 heterocycles. The molecule has 0 saturated carbocycles. The second-order valence-corrected chi connectivity index (χ2v) is 8.87. The molecule has 9 heteroatoms. The molecular formula is C20H17ClN4O2S2. The zero-order valence-electron chi connectivity index (χ0n) is 15.5. The molecule has 1 aliphatic rings. The number of aromatic nitrogens is 1. The zero-order valence-corrected chi connectivity index (χ0v) is 17.9. The molecule has 0 radical (unpaired) electrons. The van der Waals surface area contributed by atoms with Crippen molar-refractivity contribution >= 4 is 72.7 Å². The van der Waals surface area contributed by atoms with Gasteiger partial charge in [-0.1, -0.05) is 59.0 Å². The highest BCUT2D eigenvalue weighted by atomic mass is 35.5. The van der Waals surface area contributed by atoms with E-state index in [2.05, 4.69) is 15.3 Å². The van der Waals surface area contributed by atoms with Gasteiger partial charge in [-0.2, -0.15) is 4.99 Å². The van der Waals surface area contributed by atoms with Crippen LogP contribution in [0.25, 0.3) is 10.2 Å². The van der Waals surface area contributed by atoms with E-state index in [9.17, 15) is 9.59 Å². The monoisotopic (exact) mass is 444 g/mol. The number of hydrogen-bond acceptors (Lipinski definition) is 6. The smallest absolute Gasteiger partial charge is 0.242 e. The van der Waals surface area contributed by atoms with Gasteiger partial charge in [0.25, 0.3) is 0 Å². The standard InChI is InChI=1S/C20H17ClN4O2S2/c1-2-25-18(27)16(11-17(26)22-13-8-4-3-7-12(13)21)29-20(25)24-19-23-14-9-5-6-10-15(14)28-19/h3-10,16H,2,11H2,1H3,(H,22,26)/b24-20-. The molecule has 4 rings (SSSR count). The van der Waals surface area contributed by atoms with Gasteiger partial charge in [-0.05, 0) is 31.2 Å². The summed E-state index contributed by atoms with van der Waals surface area (Å²) < 4.78 is 1.04. The molecule has 148 valence electrons. The first-order chi connectivity index (χ1) is 14.0. The number of amidine groups is 1. The largest absolute Gasteiger partial charge is 0.325 e. The number of nitrogens with zero attached hydrogens (tertiary/aromatic N) is 3. The molecule has 0 bridgehead atoms. The summed E-state index contributed by atoms with van der Waals surface area (Å²) >= 11 is 8.86. The molecule has 3 aromatic rings. The molecule has 1 aliphatic heterocycles. The van der Waals surface area contributed by atoms with E-state index < -0.39 is 5.25 Å². The lowest BCUT2D eigenvalue weighted by atomic mass is 10.2. The Morgan fingerprint density at radius 2 is 2.00 bits per heavy atom. The van der Waals surface area contributed by atoms with E-state index in [-0.39, 0.29) is 18.2 Å². The van der Waals surface area contributed by atoms with Gasteiger partial charge < -0.3 is 5.32 Å². The maximum atomic E-state index is 12.8. The second-order valence-electron chi connectivity index (χ2n) is 6.28. The van der Waals surface area contributed by atoms with Crippen LogP contribution in [0.2, 0.25) is 5.02 Å². The first kappa shape index (κ1) is 19.9. The lowest BCUT2D eigenvalue weighted by molar-refractivity contribution is -0.128. The van der Waals surface area contributed by atoms with Crippen LogP contribution < -0.4 is 5.32 Å². The van der Waals surface area contributed by atoms with Gasteiger partial charge in [0.15, 0.2) is 5.17 Å². The number of nitrogens with one attached hydrogen (secondary N) is 1. The predicted molar refractivity (Wildman–Crippen MR) is 120 cm³/mol. The van der Waals surface area contributed by atoms with Gasteiger partial charge in [0, 0.05) is 13.0 Å². The first-order valence-corrected chi connectivity index (χ1v) is 11.1. The van der Waals surface area contributed by atoms with Gasteiger partial charge in [-0.3, -0.25) is 14.5 Å². The van der Waals surface area contributed by atoms with Crippen molar-refractivity contribution in [3.63, 3.8) is 0 Å². The number of carbonyl (C=O) groups excluding carboxylic acids is 2. The van der Waals surface area contributed by atoms with Gasteiger partial charge in [0.1, 0.15) is 5.25 Å². The number of benzene rings is 2. The summed E-state index contributed by atoms with van der Waals surface area (Å²) in [7, 11) is 0. The molecule has 1 saturated heterocycles. The van der Waals surface area contributed by atoms with Crippen molar-refractivity contribution in [1.29, 1.82) is 0 Å². The average Bonchev–Trinajstić information content (AvgIpc) is 3.24. The zero-order chi connectivity index (χ0) is 20.4. The highest BCUT2D eigenvalue weighted by molar-refractivity contribution is 8.15. The summed E-state index contributed by atoms with van der Waals surface area (Å²) in [5, 5.41) is 3.88. The Labute approximate surface area is 181 Å². The minimum Gasteiger partial charge on any atom is -0.325 e. The van der Waals surface area contributed by atoms with Crippen molar-refractivity contribution in [2.75, 3.05) is 11.9 Å². The Morgan fingerprint density at radius 1 is 1.24 bits per heavy atom. The van der Waals surface area contributed by atoms with Crippen LogP contribution in [-0.2, 0) is 9.59 Å². The minimum atomic E-state index is -0.523. The highest BCUT2D eigenvalue weighted by Crippen LogP contribution is 2.34. The third-order valence-electron chi connectivity index (χ3n) is 4.33. The Kier molecular flexibility index (Phi) is 5.84. The molecule has 6 nitrogen and oxygen atoms in total. The molecule has 2 aromatic carbocycles. The van der Waals surface area contributed by atoms with Crippen molar-refractivity contribution in [2.24, 2.45) is 4.99 Å². The topological polar surface area (TPSA) is 74.7 Å². The van der Waals surface area contributed by atoms with E-state index in [0.717, 1.165) is 10.2 Å². The van der Waals surface area contributed by atoms with Crippen LogP contribution in [0.1, 0.15) is 13.3 Å². The van der Waals surface area contributed by atoms with E-state index >= 15 is 0 Å². The predicted octanol–water partition coefficient (Wildman–Crippen LogP) is 4.93. The van der Waals surface area contributed by atoms with Crippen LogP contribution in [-0.4, -0.2) is 38.7 Å². The Hall–Kier alpha value is -2.42. The van der Waals surface area contributed by atoms with Crippen molar-refractivity contribution in [2.45, 2.75) is 18.6 Å². The van der Waals surface area contributed by atoms with E-state index in [4.69, 9.17) is 11.6 Å². The number of amides is 2. The van der Waals surface area contributed by atoms with Crippen molar-refractivity contribution in [1.82, 2.24) is 9.88 Å². The number of aliphatic imine (C=N–C) groups is 1. The molecular weight excluding hydrogens is 428 g/mol. The number of thioether (sulfide) groups is 1. The molecule has 1 unspecified atom stereocenters. The van der Waals surface area contributed by atoms with Crippen LogP contribution in [0.15, 0.2) is 53.5 Å². The number of thiazole rings is 1. The summed E-state index contributed by atoms with van der Waals surface area (Å²) in [6.45, 7) is 2.37. The fraction of sp³-hybridized carbons (Fsp3) is 0.200. The lowest BCUT2D eigenvalue weighted by Crippen LogP contribution is -2.33. The fourth-order valence-corrected chi connectivity index (χ4v) is 5.22. The number of rotatable bonds is 5. The highest BCUT2D eigenvalue weighted by Gasteiger charge is 2.38. The van der Waals surface area contributed by atoms with E-state index in [1.165, 1.54) is 23.1 Å². The number of halogens is 1. The number of hydrogen-bond donors (Lipinski definition) is 1. The maximum Gasteiger partial charge on any atom is 0.242 e. The van der Waals surface area contributed by atoms with Crippen molar-refractivity contribution in [3.05, 3.63) is 53.6 Å². The summed E-state index contributed by atoms with van der Waals surface area (Å²) in [5.41, 5.74) is 1.41. The van der Waals surface area contributed by atoms with Crippen molar-refractivity contribution < 1.29 is 9.59 Å². The SMILES string of the molecule is CCN1C(=O)C(CC(=O)Nc2ccccc2Cl)S/C1=N\c1nc2ccccc2s1. The number of para-hydroxylation sites is 2. The summed E-state index contributed by atoms with van der Waals surface area (Å²) in [6.07, 6.45) is 0.0457. The molecule has 1 aromatic heterocycles. The Bertz CT molecular complexity index is 1080. The summed E-state index contributed by atoms with van der Waals surface area (Å²) in [4.78, 5) is 35.9. The molecule has 1 fully saturated rings. The molecule has 0 spiro atoms. The molecule has 0 aliphatic carbocycles. The van der Waals surface area contributed by atoms with Gasteiger partial charge in [0.2, 0.25) is 16.9 Å². The summed E-state index contributed by atoms with van der Waals surface area (Å²) in [5.74, 6) is -0.382. The quantitative estimate of drug-likeness (QED) is 0.605. The molecule has 2 amide bonds. The van der Waals surface area contributed by atoms with Gasteiger partial charge in [-0.25, -0.2) is 4.98 Å². The van der Waals surface area contributed by atoms with Crippen molar-refractivity contribution in [3.8, 4) is 0 Å². The molecule has 1 atom stereocenters. The van der Waals surface area contributed by atoms with Crippen LogP contribution in [0.5, 0.6) is 0 Å². The fourth-order valence-electron chi connectivity index (χ4n) is 2.94. The van der Waals surface area contributed by atoms with Gasteiger partial charge >= 0.3 is 0 Å². The number of anilines is 1. The van der Waals surface area contributed by atoms with E-state index in [0.29, 0.717) is 27.6 Å². The molecule has 1 N–H and O–H groups in total. The first-order valence-electron chi connectivity index (χ1n) is 9.02. The average molecular weight is 445 g/mol. The lowest BCUT2D eigenvalue weighted by Gasteiger charge is -2.13. The van der Waals surface area contributed by atoms with E-state index in [1.807, 2.05) is 31.2 Å². The third-order valence-corrected chi connectivity index (χ3v) is 6.76. The number of fused-ring (bicyclic) bond motifs is 1. The van der Waals surface area contributed by atoms with E-state index in [1.54, 1.807) is 29.2 Å². The maximum absolute atomic E-state index is 12.8. The summed E-state index contributed by atoms with van der Waals surface area (Å²) in [6, 6.07) is 14.8. The molecule has 29 heavy (non-hydrogen) atoms. The normalized spacial score (nSPS) is 18.0. The Morgan fingerprint density at radius 3 is 2.76 bits per heavy atom. The van der Waals surface area contributed by atoms with Crippen LogP contribution in [0.3, 0.4) is 0 Å². The number of carbonyl (C=O) groups is 2. The van der Waals surface area contributed by atoms with Gasteiger partial charge in [0.05, 0.1) is 20.9 Å². The second kappa shape index (κ2) is 8.52. The third kappa shape index (κ3) is 4.29. The van der Waals surface area contributed by atoms with Gasteiger partial charge in [-0.15, -0.1) is 0 Å².